The first-order valence-electron chi connectivity index (χ1n) is 8.78. The number of hydrogen-bond donors (Lipinski definition) is 0. The zero-order chi connectivity index (χ0) is 18.4. The molecule has 2 aromatic carbocycles. The van der Waals surface area contributed by atoms with Gasteiger partial charge < -0.3 is 9.30 Å². The SMILES string of the molecule is O=C(c1ccc2nc(-c3ccc(F)cc3)cn2c1)N1Cc2ccccc2C1. The van der Waals surface area contributed by atoms with Crippen LogP contribution in [0.3, 0.4) is 0 Å². The number of aromatic nitrogens is 2. The molecule has 5 heteroatoms. The summed E-state index contributed by atoms with van der Waals surface area (Å²) in [5.74, 6) is -0.271. The van der Waals surface area contributed by atoms with Crippen molar-refractivity contribution in [2.75, 3.05) is 0 Å². The molecule has 0 bridgehead atoms. The Bertz CT molecular complexity index is 1140. The molecule has 1 amide bonds. The number of amides is 1. The van der Waals surface area contributed by atoms with Gasteiger partial charge in [-0.25, -0.2) is 9.37 Å². The number of fused-ring (bicyclic) bond motifs is 2. The van der Waals surface area contributed by atoms with Gasteiger partial charge in [-0.3, -0.25) is 4.79 Å². The number of carbonyl (C=O) groups is 1. The number of rotatable bonds is 2. The average molecular weight is 357 g/mol. The van der Waals surface area contributed by atoms with Crippen LogP contribution in [-0.4, -0.2) is 20.2 Å². The van der Waals surface area contributed by atoms with Crippen molar-refractivity contribution in [1.82, 2.24) is 14.3 Å². The van der Waals surface area contributed by atoms with Crippen LogP contribution < -0.4 is 0 Å². The number of pyridine rings is 1. The van der Waals surface area contributed by atoms with Crippen LogP contribution in [0.1, 0.15) is 21.5 Å². The van der Waals surface area contributed by atoms with Crippen molar-refractivity contribution in [3.8, 4) is 11.3 Å². The van der Waals surface area contributed by atoms with Gasteiger partial charge >= 0.3 is 0 Å². The van der Waals surface area contributed by atoms with Crippen molar-refractivity contribution in [1.29, 1.82) is 0 Å². The molecule has 0 fully saturated rings. The van der Waals surface area contributed by atoms with Gasteiger partial charge in [-0.15, -0.1) is 0 Å². The third kappa shape index (κ3) is 2.77. The summed E-state index contributed by atoms with van der Waals surface area (Å²) in [5, 5.41) is 0. The van der Waals surface area contributed by atoms with Gasteiger partial charge in [-0.1, -0.05) is 24.3 Å². The summed E-state index contributed by atoms with van der Waals surface area (Å²) in [6.07, 6.45) is 3.67. The average Bonchev–Trinajstić information content (AvgIpc) is 3.31. The van der Waals surface area contributed by atoms with Crippen LogP contribution in [0, 0.1) is 5.82 Å². The molecular formula is C22H16FN3O. The van der Waals surface area contributed by atoms with Gasteiger partial charge in [0, 0.05) is 31.0 Å². The van der Waals surface area contributed by atoms with Crippen molar-refractivity contribution < 1.29 is 9.18 Å². The van der Waals surface area contributed by atoms with Crippen LogP contribution in [0.5, 0.6) is 0 Å². The molecule has 27 heavy (non-hydrogen) atoms. The molecule has 4 nitrogen and oxygen atoms in total. The molecule has 0 spiro atoms. The second kappa shape index (κ2) is 6.06. The van der Waals surface area contributed by atoms with E-state index in [2.05, 4.69) is 17.1 Å². The zero-order valence-corrected chi connectivity index (χ0v) is 14.5. The van der Waals surface area contributed by atoms with Crippen LogP contribution in [0.25, 0.3) is 16.9 Å². The highest BCUT2D eigenvalue weighted by atomic mass is 19.1. The van der Waals surface area contributed by atoms with Crippen molar-refractivity contribution >= 4 is 11.6 Å². The maximum atomic E-state index is 13.1. The van der Waals surface area contributed by atoms with E-state index < -0.39 is 0 Å². The second-order valence-corrected chi connectivity index (χ2v) is 6.75. The highest BCUT2D eigenvalue weighted by Gasteiger charge is 2.24. The summed E-state index contributed by atoms with van der Waals surface area (Å²) in [6, 6.07) is 18.0. The Morgan fingerprint density at radius 3 is 2.30 bits per heavy atom. The van der Waals surface area contributed by atoms with E-state index in [1.54, 1.807) is 18.3 Å². The maximum Gasteiger partial charge on any atom is 0.255 e. The molecule has 132 valence electrons. The lowest BCUT2D eigenvalue weighted by Crippen LogP contribution is -2.25. The number of halogens is 1. The standard InChI is InChI=1S/C22H16FN3O/c23-19-8-5-15(6-9-19)20-14-25-13-18(7-10-21(25)24-20)22(27)26-11-16-3-1-2-4-17(16)12-26/h1-10,13-14H,11-12H2. The number of nitrogens with zero attached hydrogens (tertiary/aromatic N) is 3. The number of carbonyl (C=O) groups excluding carboxylic acids is 1. The largest absolute Gasteiger partial charge is 0.330 e. The van der Waals surface area contributed by atoms with Crippen LogP contribution in [0.15, 0.2) is 73.1 Å². The van der Waals surface area contributed by atoms with E-state index in [4.69, 9.17) is 0 Å². The van der Waals surface area contributed by atoms with Crippen molar-refractivity contribution in [3.63, 3.8) is 0 Å². The topological polar surface area (TPSA) is 37.6 Å². The van der Waals surface area contributed by atoms with E-state index in [0.29, 0.717) is 18.7 Å². The Morgan fingerprint density at radius 1 is 0.889 bits per heavy atom. The van der Waals surface area contributed by atoms with Crippen molar-refractivity contribution in [2.45, 2.75) is 13.1 Å². The number of imidazole rings is 1. The van der Waals surface area contributed by atoms with Crippen LogP contribution in [-0.2, 0) is 13.1 Å². The zero-order valence-electron chi connectivity index (χ0n) is 14.5. The normalized spacial score (nSPS) is 13.1. The van der Waals surface area contributed by atoms with Crippen molar-refractivity contribution in [3.05, 3.63) is 95.6 Å². The number of benzene rings is 2. The first-order valence-corrected chi connectivity index (χ1v) is 8.78. The van der Waals surface area contributed by atoms with Gasteiger partial charge in [0.2, 0.25) is 0 Å². The Balaban J connectivity index is 1.45. The van der Waals surface area contributed by atoms with Gasteiger partial charge in [0.1, 0.15) is 11.5 Å². The van der Waals surface area contributed by atoms with Crippen molar-refractivity contribution in [2.24, 2.45) is 0 Å². The first kappa shape index (κ1) is 15.8. The second-order valence-electron chi connectivity index (χ2n) is 6.75. The molecule has 0 saturated heterocycles. The molecule has 2 aromatic heterocycles. The first-order chi connectivity index (χ1) is 13.2. The minimum Gasteiger partial charge on any atom is -0.330 e. The van der Waals surface area contributed by atoms with Crippen LogP contribution >= 0.6 is 0 Å². The quantitative estimate of drug-likeness (QED) is 0.536. The van der Waals surface area contributed by atoms with Gasteiger partial charge in [-0.05, 0) is 47.5 Å². The molecule has 3 heterocycles. The molecule has 0 unspecified atom stereocenters. The summed E-state index contributed by atoms with van der Waals surface area (Å²) < 4.78 is 15.0. The molecule has 0 saturated carbocycles. The molecule has 0 N–H and O–H groups in total. The smallest absolute Gasteiger partial charge is 0.255 e. The van der Waals surface area contributed by atoms with Gasteiger partial charge in [0.05, 0.1) is 11.3 Å². The Morgan fingerprint density at radius 2 is 1.59 bits per heavy atom. The third-order valence-electron chi connectivity index (χ3n) is 4.97. The minimum absolute atomic E-state index is 0.00475. The molecule has 1 aliphatic heterocycles. The molecule has 5 rings (SSSR count). The summed E-state index contributed by atoms with van der Waals surface area (Å²) >= 11 is 0. The number of hydrogen-bond acceptors (Lipinski definition) is 2. The fourth-order valence-corrected chi connectivity index (χ4v) is 3.54. The van der Waals surface area contributed by atoms with E-state index in [9.17, 15) is 9.18 Å². The molecule has 1 aliphatic rings. The lowest BCUT2D eigenvalue weighted by molar-refractivity contribution is 0.0751. The predicted molar refractivity (Wildman–Crippen MR) is 101 cm³/mol. The Hall–Kier alpha value is -3.47. The Labute approximate surface area is 155 Å². The Kier molecular flexibility index (Phi) is 3.53. The monoisotopic (exact) mass is 357 g/mol. The third-order valence-corrected chi connectivity index (χ3v) is 4.97. The molecule has 0 radical (unpaired) electrons. The van der Waals surface area contributed by atoms with Gasteiger partial charge in [-0.2, -0.15) is 0 Å². The highest BCUT2D eigenvalue weighted by Crippen LogP contribution is 2.25. The maximum absolute atomic E-state index is 13.1. The minimum atomic E-state index is -0.276. The summed E-state index contributed by atoms with van der Waals surface area (Å²) in [4.78, 5) is 19.3. The molecule has 0 aliphatic carbocycles. The van der Waals surface area contributed by atoms with Gasteiger partial charge in [0.15, 0.2) is 0 Å². The molecular weight excluding hydrogens is 341 g/mol. The fourth-order valence-electron chi connectivity index (χ4n) is 3.54. The summed E-state index contributed by atoms with van der Waals surface area (Å²) in [6.45, 7) is 1.27. The summed E-state index contributed by atoms with van der Waals surface area (Å²) in [7, 11) is 0. The van der Waals surface area contributed by atoms with E-state index >= 15 is 0 Å². The molecule has 0 atom stereocenters. The van der Waals surface area contributed by atoms with Crippen LogP contribution in [0.2, 0.25) is 0 Å². The summed E-state index contributed by atoms with van der Waals surface area (Å²) in [5.41, 5.74) is 5.35. The lowest BCUT2D eigenvalue weighted by Gasteiger charge is -2.15. The van der Waals surface area contributed by atoms with E-state index in [1.165, 1.54) is 23.3 Å². The van der Waals surface area contributed by atoms with E-state index in [0.717, 1.165) is 16.9 Å². The highest BCUT2D eigenvalue weighted by molar-refractivity contribution is 5.94. The van der Waals surface area contributed by atoms with Gasteiger partial charge in [0.25, 0.3) is 5.91 Å². The lowest BCUT2D eigenvalue weighted by atomic mass is 10.1. The van der Waals surface area contributed by atoms with Crippen LogP contribution in [0.4, 0.5) is 4.39 Å². The predicted octanol–water partition coefficient (Wildman–Crippen LogP) is 4.30. The fraction of sp³-hybridized carbons (Fsp3) is 0.0909. The molecule has 4 aromatic rings. The van der Waals surface area contributed by atoms with E-state index in [1.807, 2.05) is 39.8 Å². The van der Waals surface area contributed by atoms with E-state index in [-0.39, 0.29) is 11.7 Å².